The normalized spacial score (nSPS) is 15.6. The summed E-state index contributed by atoms with van der Waals surface area (Å²) in [6.07, 6.45) is 1.77. The van der Waals surface area contributed by atoms with Crippen molar-refractivity contribution in [2.24, 2.45) is 0 Å². The van der Waals surface area contributed by atoms with Crippen molar-refractivity contribution in [1.29, 1.82) is 0 Å². The number of carbonyl (C=O) groups is 1. The topological polar surface area (TPSA) is 32.8 Å². The van der Waals surface area contributed by atoms with Crippen LogP contribution in [0.1, 0.15) is 29.5 Å². The largest absolute Gasteiger partial charge is 0.375 e. The zero-order valence-electron chi connectivity index (χ0n) is 17.0. The quantitative estimate of drug-likeness (QED) is 0.752. The summed E-state index contributed by atoms with van der Waals surface area (Å²) in [5.41, 5.74) is 4.69. The van der Waals surface area contributed by atoms with Crippen LogP contribution in [0.15, 0.2) is 42.5 Å². The maximum atomic E-state index is 13.3. The number of anilines is 1. The van der Waals surface area contributed by atoms with Crippen molar-refractivity contribution in [2.75, 3.05) is 31.7 Å². The fraction of sp³-hybridized carbons (Fsp3) is 0.435. The van der Waals surface area contributed by atoms with Gasteiger partial charge in [0.2, 0.25) is 0 Å². The van der Waals surface area contributed by atoms with E-state index in [0.29, 0.717) is 0 Å². The van der Waals surface area contributed by atoms with Crippen LogP contribution < -0.4 is 4.90 Å². The molecule has 2 aromatic carbocycles. The van der Waals surface area contributed by atoms with Gasteiger partial charge in [0.25, 0.3) is 5.91 Å². The molecule has 0 spiro atoms. The SMILES string of the molecule is COCC(=O)N(c1ccc(F)cc1)C1CCN(Cc2ccc(C)c(C)c2)CC1. The Labute approximate surface area is 166 Å². The molecular weight excluding hydrogens is 355 g/mol. The first-order valence-electron chi connectivity index (χ1n) is 9.83. The van der Waals surface area contributed by atoms with Crippen molar-refractivity contribution in [2.45, 2.75) is 39.3 Å². The Bertz CT molecular complexity index is 799. The van der Waals surface area contributed by atoms with Gasteiger partial charge in [0.05, 0.1) is 0 Å². The lowest BCUT2D eigenvalue weighted by molar-refractivity contribution is -0.122. The molecule has 1 saturated heterocycles. The predicted molar refractivity (Wildman–Crippen MR) is 110 cm³/mol. The monoisotopic (exact) mass is 384 g/mol. The van der Waals surface area contributed by atoms with E-state index >= 15 is 0 Å². The molecule has 0 unspecified atom stereocenters. The molecule has 1 aliphatic rings. The molecule has 0 bridgehead atoms. The van der Waals surface area contributed by atoms with Crippen LogP contribution in [0.5, 0.6) is 0 Å². The molecule has 1 heterocycles. The molecule has 3 rings (SSSR count). The van der Waals surface area contributed by atoms with Crippen LogP contribution in [-0.4, -0.2) is 43.7 Å². The van der Waals surface area contributed by atoms with E-state index in [1.165, 1.54) is 35.9 Å². The molecule has 0 aliphatic carbocycles. The summed E-state index contributed by atoms with van der Waals surface area (Å²) in [5.74, 6) is -0.382. The van der Waals surface area contributed by atoms with E-state index in [2.05, 4.69) is 36.9 Å². The number of benzene rings is 2. The van der Waals surface area contributed by atoms with Crippen LogP contribution in [0.3, 0.4) is 0 Å². The fourth-order valence-corrected chi connectivity index (χ4v) is 3.85. The summed E-state index contributed by atoms with van der Waals surface area (Å²) >= 11 is 0. The zero-order valence-corrected chi connectivity index (χ0v) is 17.0. The number of amides is 1. The van der Waals surface area contributed by atoms with Gasteiger partial charge in [-0.3, -0.25) is 9.69 Å². The number of likely N-dealkylation sites (tertiary alicyclic amines) is 1. The second kappa shape index (κ2) is 9.30. The predicted octanol–water partition coefficient (Wildman–Crippen LogP) is 4.09. The number of aryl methyl sites for hydroxylation is 2. The van der Waals surface area contributed by atoms with Crippen LogP contribution in [-0.2, 0) is 16.1 Å². The van der Waals surface area contributed by atoms with Crippen LogP contribution in [0.4, 0.5) is 10.1 Å². The molecule has 0 aromatic heterocycles. The zero-order chi connectivity index (χ0) is 20.1. The molecule has 1 aliphatic heterocycles. The molecule has 150 valence electrons. The second-order valence-electron chi connectivity index (χ2n) is 7.60. The van der Waals surface area contributed by atoms with E-state index in [0.717, 1.165) is 38.2 Å². The van der Waals surface area contributed by atoms with Crippen molar-refractivity contribution in [1.82, 2.24) is 4.90 Å². The number of methoxy groups -OCH3 is 1. The lowest BCUT2D eigenvalue weighted by atomic mass is 10.0. The standard InChI is InChI=1S/C23H29FN2O2/c1-17-4-5-19(14-18(17)2)15-25-12-10-22(11-13-25)26(23(27)16-28-3)21-8-6-20(24)7-9-21/h4-9,14,22H,10-13,15-16H2,1-3H3. The second-order valence-corrected chi connectivity index (χ2v) is 7.60. The Hall–Kier alpha value is -2.24. The smallest absolute Gasteiger partial charge is 0.253 e. The van der Waals surface area contributed by atoms with Gasteiger partial charge < -0.3 is 9.64 Å². The minimum atomic E-state index is -0.300. The van der Waals surface area contributed by atoms with Gasteiger partial charge in [-0.15, -0.1) is 0 Å². The van der Waals surface area contributed by atoms with Crippen LogP contribution in [0, 0.1) is 19.7 Å². The highest BCUT2D eigenvalue weighted by molar-refractivity contribution is 5.94. The number of rotatable bonds is 6. The summed E-state index contributed by atoms with van der Waals surface area (Å²) in [7, 11) is 1.52. The van der Waals surface area contributed by atoms with Crippen molar-refractivity contribution >= 4 is 11.6 Å². The summed E-state index contributed by atoms with van der Waals surface area (Å²) in [4.78, 5) is 16.9. The van der Waals surface area contributed by atoms with Crippen molar-refractivity contribution in [3.8, 4) is 0 Å². The molecule has 0 saturated carbocycles. The average Bonchev–Trinajstić information content (AvgIpc) is 2.68. The molecule has 5 heteroatoms. The molecule has 2 aromatic rings. The van der Waals surface area contributed by atoms with E-state index in [9.17, 15) is 9.18 Å². The minimum absolute atomic E-state index is 0.0280. The number of nitrogens with zero attached hydrogens (tertiary/aromatic N) is 2. The van der Waals surface area contributed by atoms with Gasteiger partial charge in [0.1, 0.15) is 12.4 Å². The van der Waals surface area contributed by atoms with E-state index in [1.807, 2.05) is 0 Å². The lowest BCUT2D eigenvalue weighted by Gasteiger charge is -2.38. The van der Waals surface area contributed by atoms with Gasteiger partial charge in [0.15, 0.2) is 0 Å². The highest BCUT2D eigenvalue weighted by atomic mass is 19.1. The molecule has 0 atom stereocenters. The third kappa shape index (κ3) is 4.97. The van der Waals surface area contributed by atoms with Crippen LogP contribution >= 0.6 is 0 Å². The summed E-state index contributed by atoms with van der Waals surface area (Å²) in [6, 6.07) is 12.9. The van der Waals surface area contributed by atoms with Crippen LogP contribution in [0.2, 0.25) is 0 Å². The lowest BCUT2D eigenvalue weighted by Crippen LogP contribution is -2.48. The molecular formula is C23H29FN2O2. The van der Waals surface area contributed by atoms with Crippen molar-refractivity contribution in [3.63, 3.8) is 0 Å². The molecule has 1 amide bonds. The Morgan fingerprint density at radius 2 is 1.79 bits per heavy atom. The van der Waals surface area contributed by atoms with Crippen molar-refractivity contribution < 1.29 is 13.9 Å². The van der Waals surface area contributed by atoms with Gasteiger partial charge in [-0.25, -0.2) is 4.39 Å². The third-order valence-corrected chi connectivity index (χ3v) is 5.54. The van der Waals surface area contributed by atoms with Gasteiger partial charge in [0, 0.05) is 38.5 Å². The number of carbonyl (C=O) groups excluding carboxylic acids is 1. The number of piperidine rings is 1. The highest BCUT2D eigenvalue weighted by Crippen LogP contribution is 2.25. The Balaban J connectivity index is 1.66. The molecule has 28 heavy (non-hydrogen) atoms. The average molecular weight is 384 g/mol. The Morgan fingerprint density at radius 1 is 1.11 bits per heavy atom. The van der Waals surface area contributed by atoms with Gasteiger partial charge in [-0.1, -0.05) is 18.2 Å². The molecule has 1 fully saturated rings. The van der Waals surface area contributed by atoms with Gasteiger partial charge in [-0.2, -0.15) is 0 Å². The van der Waals surface area contributed by atoms with Crippen molar-refractivity contribution in [3.05, 3.63) is 65.0 Å². The number of ether oxygens (including phenoxy) is 1. The molecule has 4 nitrogen and oxygen atoms in total. The van der Waals surface area contributed by atoms with Gasteiger partial charge in [-0.05, 0) is 67.6 Å². The first-order valence-corrected chi connectivity index (χ1v) is 9.83. The highest BCUT2D eigenvalue weighted by Gasteiger charge is 2.29. The van der Waals surface area contributed by atoms with E-state index in [-0.39, 0.29) is 24.4 Å². The van der Waals surface area contributed by atoms with E-state index < -0.39 is 0 Å². The maximum absolute atomic E-state index is 13.3. The molecule has 0 N–H and O–H groups in total. The molecule has 0 radical (unpaired) electrons. The first-order chi connectivity index (χ1) is 13.5. The first kappa shape index (κ1) is 20.5. The van der Waals surface area contributed by atoms with E-state index in [4.69, 9.17) is 4.74 Å². The Morgan fingerprint density at radius 3 is 2.39 bits per heavy atom. The fourth-order valence-electron chi connectivity index (χ4n) is 3.85. The summed E-state index contributed by atoms with van der Waals surface area (Å²) < 4.78 is 18.4. The summed E-state index contributed by atoms with van der Waals surface area (Å²) in [6.45, 7) is 7.08. The Kier molecular flexibility index (Phi) is 6.81. The summed E-state index contributed by atoms with van der Waals surface area (Å²) in [5, 5.41) is 0. The number of hydrogen-bond acceptors (Lipinski definition) is 3. The minimum Gasteiger partial charge on any atom is -0.375 e. The number of hydrogen-bond donors (Lipinski definition) is 0. The maximum Gasteiger partial charge on any atom is 0.253 e. The van der Waals surface area contributed by atoms with Crippen LogP contribution in [0.25, 0.3) is 0 Å². The number of halogens is 1. The van der Waals surface area contributed by atoms with Gasteiger partial charge >= 0.3 is 0 Å². The third-order valence-electron chi connectivity index (χ3n) is 5.54. The van der Waals surface area contributed by atoms with E-state index in [1.54, 1.807) is 17.0 Å².